The molecular weight excluding hydrogens is 609 g/mol. The predicted molar refractivity (Wildman–Crippen MR) is 219 cm³/mol. The van der Waals surface area contributed by atoms with Crippen LogP contribution in [0.2, 0.25) is 0 Å². The van der Waals surface area contributed by atoms with Gasteiger partial charge in [-0.15, -0.1) is 11.3 Å². The molecule has 49 heavy (non-hydrogen) atoms. The molecule has 240 valence electrons. The summed E-state index contributed by atoms with van der Waals surface area (Å²) in [6.07, 6.45) is 1.25. The highest BCUT2D eigenvalue weighted by molar-refractivity contribution is 7.25. The zero-order valence-corrected chi connectivity index (χ0v) is 29.9. The molecule has 0 unspecified atom stereocenters. The average Bonchev–Trinajstić information content (AvgIpc) is 3.51. The van der Waals surface area contributed by atoms with Gasteiger partial charge in [-0.05, 0) is 111 Å². The SMILES string of the molecule is CCC.Cc1ccc2c3ccccc3c3ccccc3c2c1.Cc1ccccc1-c1cc(-c2ccc3sc4ccccc4c3c2)ccc1C. The Hall–Kier alpha value is -5.24. The van der Waals surface area contributed by atoms with E-state index in [0.717, 1.165) is 0 Å². The van der Waals surface area contributed by atoms with Crippen LogP contribution in [0.15, 0.2) is 152 Å². The highest BCUT2D eigenvalue weighted by Crippen LogP contribution is 2.38. The van der Waals surface area contributed by atoms with Gasteiger partial charge >= 0.3 is 0 Å². The number of hydrogen-bond acceptors (Lipinski definition) is 1. The highest BCUT2D eigenvalue weighted by Gasteiger charge is 2.10. The van der Waals surface area contributed by atoms with Crippen molar-refractivity contribution in [2.45, 2.75) is 41.0 Å². The van der Waals surface area contributed by atoms with Crippen molar-refractivity contribution in [3.05, 3.63) is 168 Å². The van der Waals surface area contributed by atoms with Crippen LogP contribution in [0.5, 0.6) is 0 Å². The summed E-state index contributed by atoms with van der Waals surface area (Å²) in [5.41, 5.74) is 9.14. The van der Waals surface area contributed by atoms with Crippen LogP contribution in [0.1, 0.15) is 37.0 Å². The Morgan fingerprint density at radius 3 is 1.53 bits per heavy atom. The molecular formula is C48H42S. The van der Waals surface area contributed by atoms with Gasteiger partial charge in [0.15, 0.2) is 0 Å². The average molecular weight is 651 g/mol. The summed E-state index contributed by atoms with van der Waals surface area (Å²) in [5, 5.41) is 10.8. The third-order valence-electron chi connectivity index (χ3n) is 9.28. The zero-order chi connectivity index (χ0) is 33.9. The van der Waals surface area contributed by atoms with E-state index in [0.29, 0.717) is 0 Å². The molecule has 1 heterocycles. The van der Waals surface area contributed by atoms with Crippen LogP contribution in [-0.4, -0.2) is 0 Å². The maximum absolute atomic E-state index is 2.35. The molecule has 0 atom stereocenters. The standard InChI is InChI=1S/C26H20S.C19H14.C3H8/c1-17-7-3-4-8-21(17)23-15-19(12-11-18(23)2)20-13-14-26-24(16-20)22-9-5-6-10-25(22)27-26;1-13-10-11-18-16-8-3-2-6-14(16)15-7-4-5-9-17(15)19(18)12-13;1-3-2/h3-16H,1-2H3;2-12H,1H3;3H2,1-2H3. The summed E-state index contributed by atoms with van der Waals surface area (Å²) < 4.78 is 2.71. The van der Waals surface area contributed by atoms with Crippen molar-refractivity contribution in [1.29, 1.82) is 0 Å². The fraction of sp³-hybridized carbons (Fsp3) is 0.125. The third-order valence-corrected chi connectivity index (χ3v) is 10.4. The van der Waals surface area contributed by atoms with E-state index in [2.05, 4.69) is 186 Å². The Morgan fingerprint density at radius 1 is 0.367 bits per heavy atom. The van der Waals surface area contributed by atoms with Gasteiger partial charge in [0.25, 0.3) is 0 Å². The minimum atomic E-state index is 1.25. The Labute approximate surface area is 294 Å². The fourth-order valence-electron chi connectivity index (χ4n) is 6.89. The molecule has 0 spiro atoms. The molecule has 0 aliphatic heterocycles. The topological polar surface area (TPSA) is 0 Å². The number of thiophene rings is 1. The number of rotatable bonds is 2. The maximum Gasteiger partial charge on any atom is 0.0355 e. The van der Waals surface area contributed by atoms with Gasteiger partial charge in [0.05, 0.1) is 0 Å². The summed E-state index contributed by atoms with van der Waals surface area (Å²) in [5.74, 6) is 0. The van der Waals surface area contributed by atoms with Gasteiger partial charge in [0.1, 0.15) is 0 Å². The summed E-state index contributed by atoms with van der Waals surface area (Å²) in [4.78, 5) is 0. The number of hydrogen-bond donors (Lipinski definition) is 0. The molecule has 0 fully saturated rings. The molecule has 8 aromatic carbocycles. The Balaban J connectivity index is 0.000000150. The molecule has 0 aliphatic carbocycles. The lowest BCUT2D eigenvalue weighted by atomic mass is 9.92. The van der Waals surface area contributed by atoms with E-state index in [-0.39, 0.29) is 0 Å². The highest BCUT2D eigenvalue weighted by atomic mass is 32.1. The third kappa shape index (κ3) is 6.35. The molecule has 9 aromatic rings. The van der Waals surface area contributed by atoms with Crippen LogP contribution in [0.3, 0.4) is 0 Å². The lowest BCUT2D eigenvalue weighted by molar-refractivity contribution is 1.09. The van der Waals surface area contributed by atoms with E-state index in [4.69, 9.17) is 0 Å². The first kappa shape index (κ1) is 32.3. The second-order valence-electron chi connectivity index (χ2n) is 13.0. The Kier molecular flexibility index (Phi) is 9.29. The molecule has 0 saturated heterocycles. The minimum Gasteiger partial charge on any atom is -0.135 e. The van der Waals surface area contributed by atoms with Crippen LogP contribution in [0, 0.1) is 20.8 Å². The summed E-state index contributed by atoms with van der Waals surface area (Å²) in [7, 11) is 0. The molecule has 1 heteroatoms. The first-order chi connectivity index (χ1) is 24.0. The van der Waals surface area contributed by atoms with Crippen molar-refractivity contribution < 1.29 is 0 Å². The van der Waals surface area contributed by atoms with Crippen molar-refractivity contribution in [1.82, 2.24) is 0 Å². The Bertz CT molecular complexity index is 2550. The maximum atomic E-state index is 2.35. The summed E-state index contributed by atoms with van der Waals surface area (Å²) in [6.45, 7) is 10.8. The van der Waals surface area contributed by atoms with Crippen LogP contribution in [-0.2, 0) is 0 Å². The van der Waals surface area contributed by atoms with Gasteiger partial charge in [-0.25, -0.2) is 0 Å². The second kappa shape index (κ2) is 14.1. The Morgan fingerprint density at radius 2 is 0.857 bits per heavy atom. The largest absolute Gasteiger partial charge is 0.135 e. The first-order valence-corrected chi connectivity index (χ1v) is 18.2. The van der Waals surface area contributed by atoms with Crippen LogP contribution in [0.4, 0.5) is 0 Å². The van der Waals surface area contributed by atoms with Crippen molar-refractivity contribution in [3.63, 3.8) is 0 Å². The summed E-state index contributed by atoms with van der Waals surface area (Å²) in [6, 6.07) is 55.1. The van der Waals surface area contributed by atoms with E-state index < -0.39 is 0 Å². The minimum absolute atomic E-state index is 1.25. The fourth-order valence-corrected chi connectivity index (χ4v) is 7.98. The monoisotopic (exact) mass is 650 g/mol. The van der Waals surface area contributed by atoms with Crippen molar-refractivity contribution in [3.8, 4) is 22.3 Å². The molecule has 0 amide bonds. The lowest BCUT2D eigenvalue weighted by Crippen LogP contribution is -1.88. The van der Waals surface area contributed by atoms with Gasteiger partial charge in [0.2, 0.25) is 0 Å². The van der Waals surface area contributed by atoms with Gasteiger partial charge < -0.3 is 0 Å². The number of aryl methyl sites for hydroxylation is 3. The molecule has 1 aromatic heterocycles. The molecule has 0 bridgehead atoms. The molecule has 0 N–H and O–H groups in total. The normalized spacial score (nSPS) is 11.0. The zero-order valence-electron chi connectivity index (χ0n) is 29.0. The molecule has 0 radical (unpaired) electrons. The van der Waals surface area contributed by atoms with Crippen LogP contribution in [0.25, 0.3) is 74.7 Å². The molecule has 9 rings (SSSR count). The summed E-state index contributed by atoms with van der Waals surface area (Å²) >= 11 is 1.87. The van der Waals surface area contributed by atoms with Crippen molar-refractivity contribution >= 4 is 63.8 Å². The van der Waals surface area contributed by atoms with Gasteiger partial charge in [-0.1, -0.05) is 153 Å². The lowest BCUT2D eigenvalue weighted by Gasteiger charge is -2.12. The van der Waals surface area contributed by atoms with E-state index in [9.17, 15) is 0 Å². The van der Waals surface area contributed by atoms with Crippen molar-refractivity contribution in [2.75, 3.05) is 0 Å². The van der Waals surface area contributed by atoms with E-state index in [1.807, 2.05) is 11.3 Å². The van der Waals surface area contributed by atoms with Gasteiger partial charge in [-0.2, -0.15) is 0 Å². The molecule has 0 aliphatic rings. The van der Waals surface area contributed by atoms with E-state index >= 15 is 0 Å². The van der Waals surface area contributed by atoms with Gasteiger partial charge in [-0.3, -0.25) is 0 Å². The first-order valence-electron chi connectivity index (χ1n) is 17.3. The number of fused-ring (bicyclic) bond motifs is 9. The molecule has 0 nitrogen and oxygen atoms in total. The number of benzene rings is 8. The van der Waals surface area contributed by atoms with Crippen molar-refractivity contribution in [2.24, 2.45) is 0 Å². The molecule has 0 saturated carbocycles. The quantitative estimate of drug-likeness (QED) is 0.163. The van der Waals surface area contributed by atoms with E-state index in [1.165, 1.54) is 97.9 Å². The predicted octanol–water partition coefficient (Wildman–Crippen LogP) is 14.9. The van der Waals surface area contributed by atoms with E-state index in [1.54, 1.807) is 0 Å². The van der Waals surface area contributed by atoms with Crippen LogP contribution >= 0.6 is 11.3 Å². The van der Waals surface area contributed by atoms with Gasteiger partial charge in [0, 0.05) is 20.2 Å². The van der Waals surface area contributed by atoms with Crippen LogP contribution < -0.4 is 0 Å². The second-order valence-corrected chi connectivity index (χ2v) is 14.1. The smallest absolute Gasteiger partial charge is 0.0355 e.